The maximum atomic E-state index is 9.01. The maximum absolute atomic E-state index is 9.01. The molecule has 1 saturated heterocycles. The summed E-state index contributed by atoms with van der Waals surface area (Å²) in [5, 5.41) is 12.3. The first-order valence-electron chi connectivity index (χ1n) is 7.17. The van der Waals surface area contributed by atoms with E-state index < -0.39 is 0 Å². The van der Waals surface area contributed by atoms with E-state index in [1.165, 1.54) is 32.4 Å². The third-order valence-electron chi connectivity index (χ3n) is 4.17. The molecule has 3 heteroatoms. The van der Waals surface area contributed by atoms with Gasteiger partial charge in [0, 0.05) is 19.2 Å². The third-order valence-corrected chi connectivity index (χ3v) is 4.17. The highest BCUT2D eigenvalue weighted by molar-refractivity contribution is 4.76. The van der Waals surface area contributed by atoms with E-state index in [-0.39, 0.29) is 6.61 Å². The Hall–Kier alpha value is -0.120. The van der Waals surface area contributed by atoms with Crippen molar-refractivity contribution in [2.75, 3.05) is 33.3 Å². The van der Waals surface area contributed by atoms with Crippen LogP contribution in [0.25, 0.3) is 0 Å². The van der Waals surface area contributed by atoms with E-state index >= 15 is 0 Å². The Morgan fingerprint density at radius 1 is 1.29 bits per heavy atom. The Kier molecular flexibility index (Phi) is 7.09. The van der Waals surface area contributed by atoms with Crippen molar-refractivity contribution in [1.82, 2.24) is 10.2 Å². The largest absolute Gasteiger partial charge is 0.396 e. The third kappa shape index (κ3) is 5.36. The lowest BCUT2D eigenvalue weighted by Crippen LogP contribution is -2.40. The van der Waals surface area contributed by atoms with E-state index in [9.17, 15) is 0 Å². The number of likely N-dealkylation sites (N-methyl/N-ethyl adjacent to an activating group) is 1. The Bertz CT molecular complexity index is 197. The van der Waals surface area contributed by atoms with Gasteiger partial charge in [-0.15, -0.1) is 0 Å². The van der Waals surface area contributed by atoms with Crippen molar-refractivity contribution in [3.8, 4) is 0 Å². The van der Waals surface area contributed by atoms with Gasteiger partial charge in [-0.3, -0.25) is 0 Å². The maximum Gasteiger partial charge on any atom is 0.0446 e. The molecule has 1 heterocycles. The van der Waals surface area contributed by atoms with E-state index in [0.717, 1.165) is 24.8 Å². The molecule has 17 heavy (non-hydrogen) atoms. The van der Waals surface area contributed by atoms with Crippen LogP contribution in [0.5, 0.6) is 0 Å². The summed E-state index contributed by atoms with van der Waals surface area (Å²) in [6, 6.07) is 0.440. The summed E-state index contributed by atoms with van der Waals surface area (Å²) in [5.41, 5.74) is 0. The summed E-state index contributed by atoms with van der Waals surface area (Å²) in [6.45, 7) is 8.53. The highest BCUT2D eigenvalue weighted by atomic mass is 16.3. The summed E-state index contributed by atoms with van der Waals surface area (Å²) in [6.07, 6.45) is 4.92. The molecule has 1 fully saturated rings. The van der Waals surface area contributed by atoms with Crippen molar-refractivity contribution in [2.45, 2.75) is 45.6 Å². The van der Waals surface area contributed by atoms with Gasteiger partial charge in [0.15, 0.2) is 0 Å². The van der Waals surface area contributed by atoms with Crippen LogP contribution in [-0.2, 0) is 0 Å². The molecule has 0 spiro atoms. The Morgan fingerprint density at radius 3 is 2.65 bits per heavy atom. The van der Waals surface area contributed by atoms with Gasteiger partial charge in [0.1, 0.15) is 0 Å². The molecular formula is C14H30N2O. The molecule has 0 aromatic heterocycles. The van der Waals surface area contributed by atoms with E-state index in [0.29, 0.717) is 6.04 Å². The predicted octanol–water partition coefficient (Wildman–Crippen LogP) is 1.71. The molecule has 3 nitrogen and oxygen atoms in total. The monoisotopic (exact) mass is 242 g/mol. The average Bonchev–Trinajstić information content (AvgIpc) is 2.54. The molecule has 0 radical (unpaired) electrons. The zero-order chi connectivity index (χ0) is 12.7. The number of hydrogen-bond donors (Lipinski definition) is 2. The van der Waals surface area contributed by atoms with Crippen LogP contribution in [0.1, 0.15) is 39.5 Å². The number of likely N-dealkylation sites (tertiary alicyclic amines) is 1. The summed E-state index contributed by atoms with van der Waals surface area (Å²) in [5.74, 6) is 1.73. The first-order valence-corrected chi connectivity index (χ1v) is 7.17. The molecule has 2 unspecified atom stereocenters. The summed E-state index contributed by atoms with van der Waals surface area (Å²) < 4.78 is 0. The van der Waals surface area contributed by atoms with E-state index in [1.807, 2.05) is 7.05 Å². The topological polar surface area (TPSA) is 35.5 Å². The quantitative estimate of drug-likeness (QED) is 0.744. The number of nitrogens with zero attached hydrogens (tertiary/aromatic N) is 1. The highest BCUT2D eigenvalue weighted by Gasteiger charge is 2.20. The second-order valence-corrected chi connectivity index (χ2v) is 5.73. The molecule has 0 aliphatic carbocycles. The lowest BCUT2D eigenvalue weighted by Gasteiger charge is -2.26. The average molecular weight is 242 g/mol. The molecule has 1 aliphatic heterocycles. The van der Waals surface area contributed by atoms with E-state index in [1.54, 1.807) is 0 Å². The summed E-state index contributed by atoms with van der Waals surface area (Å²) in [4.78, 5) is 2.57. The minimum atomic E-state index is 0.286. The Morgan fingerprint density at radius 2 is 2.06 bits per heavy atom. The van der Waals surface area contributed by atoms with E-state index in [2.05, 4.69) is 24.1 Å². The highest BCUT2D eigenvalue weighted by Crippen LogP contribution is 2.24. The molecule has 102 valence electrons. The first-order chi connectivity index (χ1) is 8.17. The fourth-order valence-corrected chi connectivity index (χ4v) is 2.83. The zero-order valence-corrected chi connectivity index (χ0v) is 11.8. The molecule has 1 rings (SSSR count). The molecule has 0 saturated carbocycles. The molecule has 1 aliphatic rings. The number of nitrogens with one attached hydrogen (secondary N) is 1. The van der Waals surface area contributed by atoms with Crippen LogP contribution >= 0.6 is 0 Å². The summed E-state index contributed by atoms with van der Waals surface area (Å²) >= 11 is 0. The minimum absolute atomic E-state index is 0.286. The Balaban J connectivity index is 2.35. The molecule has 0 aromatic carbocycles. The molecule has 0 bridgehead atoms. The summed E-state index contributed by atoms with van der Waals surface area (Å²) in [7, 11) is 2.00. The number of aliphatic hydroxyl groups is 1. The predicted molar refractivity (Wildman–Crippen MR) is 73.2 cm³/mol. The van der Waals surface area contributed by atoms with Gasteiger partial charge in [0.2, 0.25) is 0 Å². The van der Waals surface area contributed by atoms with Crippen LogP contribution in [0.3, 0.4) is 0 Å². The SMILES string of the molecule is CNC(CCO)CN1CCCC(C(C)C)CC1. The van der Waals surface area contributed by atoms with Crippen molar-refractivity contribution in [3.05, 3.63) is 0 Å². The second-order valence-electron chi connectivity index (χ2n) is 5.73. The zero-order valence-electron chi connectivity index (χ0n) is 11.8. The van der Waals surface area contributed by atoms with Crippen LogP contribution in [0.4, 0.5) is 0 Å². The standard InChI is InChI=1S/C14H30N2O/c1-12(2)13-5-4-8-16(9-6-13)11-14(15-3)7-10-17/h12-15,17H,4-11H2,1-3H3. The second kappa shape index (κ2) is 8.06. The lowest BCUT2D eigenvalue weighted by atomic mass is 9.89. The minimum Gasteiger partial charge on any atom is -0.396 e. The molecule has 0 amide bonds. The molecule has 2 N–H and O–H groups in total. The van der Waals surface area contributed by atoms with Gasteiger partial charge in [-0.05, 0) is 57.7 Å². The van der Waals surface area contributed by atoms with Crippen molar-refractivity contribution >= 4 is 0 Å². The van der Waals surface area contributed by atoms with Gasteiger partial charge in [0.05, 0.1) is 0 Å². The molecule has 0 aromatic rings. The van der Waals surface area contributed by atoms with Crippen molar-refractivity contribution < 1.29 is 5.11 Å². The number of hydrogen-bond acceptors (Lipinski definition) is 3. The van der Waals surface area contributed by atoms with Gasteiger partial charge < -0.3 is 15.3 Å². The lowest BCUT2D eigenvalue weighted by molar-refractivity contribution is 0.213. The fraction of sp³-hybridized carbons (Fsp3) is 1.00. The Labute approximate surface area is 107 Å². The van der Waals surface area contributed by atoms with Crippen molar-refractivity contribution in [2.24, 2.45) is 11.8 Å². The van der Waals surface area contributed by atoms with Crippen LogP contribution in [0, 0.1) is 11.8 Å². The molecule has 2 atom stereocenters. The van der Waals surface area contributed by atoms with Crippen LogP contribution in [0.2, 0.25) is 0 Å². The van der Waals surface area contributed by atoms with E-state index in [4.69, 9.17) is 5.11 Å². The first kappa shape index (κ1) is 14.9. The normalized spacial score (nSPS) is 24.9. The van der Waals surface area contributed by atoms with Gasteiger partial charge in [-0.2, -0.15) is 0 Å². The van der Waals surface area contributed by atoms with Crippen LogP contribution in [0.15, 0.2) is 0 Å². The smallest absolute Gasteiger partial charge is 0.0446 e. The number of rotatable bonds is 6. The van der Waals surface area contributed by atoms with Gasteiger partial charge in [0.25, 0.3) is 0 Å². The van der Waals surface area contributed by atoms with Gasteiger partial charge in [-0.25, -0.2) is 0 Å². The van der Waals surface area contributed by atoms with Gasteiger partial charge in [-0.1, -0.05) is 13.8 Å². The van der Waals surface area contributed by atoms with Crippen LogP contribution < -0.4 is 5.32 Å². The van der Waals surface area contributed by atoms with Gasteiger partial charge >= 0.3 is 0 Å². The fourth-order valence-electron chi connectivity index (χ4n) is 2.83. The van der Waals surface area contributed by atoms with Crippen LogP contribution in [-0.4, -0.2) is 49.3 Å². The van der Waals surface area contributed by atoms with Crippen molar-refractivity contribution in [3.63, 3.8) is 0 Å². The number of aliphatic hydroxyl groups excluding tert-OH is 1. The molecular weight excluding hydrogens is 212 g/mol. The van der Waals surface area contributed by atoms with Crippen molar-refractivity contribution in [1.29, 1.82) is 0 Å².